The number of carbonyl (C=O) groups is 1. The van der Waals surface area contributed by atoms with E-state index in [0.29, 0.717) is 42.4 Å². The highest BCUT2D eigenvalue weighted by atomic mass is 16.5. The number of carboxylic acids is 1. The molecule has 4 bridgehead atoms. The summed E-state index contributed by atoms with van der Waals surface area (Å²) < 4.78 is 8.13. The number of fused-ring (bicyclic) bond motifs is 4. The second-order valence-electron chi connectivity index (χ2n) is 13.5. The van der Waals surface area contributed by atoms with Gasteiger partial charge in [0.2, 0.25) is 0 Å². The van der Waals surface area contributed by atoms with Gasteiger partial charge in [0.25, 0.3) is 5.56 Å². The number of aromatic nitrogens is 2. The van der Waals surface area contributed by atoms with Crippen LogP contribution in [0.1, 0.15) is 57.9 Å². The molecule has 6 aliphatic rings. The summed E-state index contributed by atoms with van der Waals surface area (Å²) in [5.74, 6) is 1.90. The molecule has 2 aromatic rings. The molecular formula is C30H38N4O4. The third-order valence-electron chi connectivity index (χ3n) is 11.6. The predicted molar refractivity (Wildman–Crippen MR) is 143 cm³/mol. The maximum Gasteiger partial charge on any atom is 0.310 e. The first kappa shape index (κ1) is 23.4. The van der Waals surface area contributed by atoms with Gasteiger partial charge in [0.1, 0.15) is 0 Å². The molecular weight excluding hydrogens is 480 g/mol. The molecule has 38 heavy (non-hydrogen) atoms. The summed E-state index contributed by atoms with van der Waals surface area (Å²) >= 11 is 0. The molecule has 4 heterocycles. The van der Waals surface area contributed by atoms with Gasteiger partial charge >= 0.3 is 5.97 Å². The minimum absolute atomic E-state index is 0.0785. The monoisotopic (exact) mass is 518 g/mol. The van der Waals surface area contributed by atoms with Crippen molar-refractivity contribution in [3.63, 3.8) is 0 Å². The van der Waals surface area contributed by atoms with Gasteiger partial charge < -0.3 is 19.3 Å². The number of hydrogen-bond donors (Lipinski definition) is 1. The number of para-hydroxylation sites is 2. The molecule has 7 atom stereocenters. The second kappa shape index (κ2) is 8.28. The molecule has 0 amide bonds. The van der Waals surface area contributed by atoms with Gasteiger partial charge in [0.15, 0.2) is 5.82 Å². The number of anilines is 1. The van der Waals surface area contributed by atoms with Gasteiger partial charge in [-0.25, -0.2) is 4.98 Å². The lowest BCUT2D eigenvalue weighted by Crippen LogP contribution is -2.62. The Hall–Kier alpha value is -2.45. The average molecular weight is 519 g/mol. The highest BCUT2D eigenvalue weighted by Crippen LogP contribution is 2.67. The first-order chi connectivity index (χ1) is 18.4. The average Bonchev–Trinajstić information content (AvgIpc) is 3.02. The summed E-state index contributed by atoms with van der Waals surface area (Å²) in [5.41, 5.74) is 2.20. The van der Waals surface area contributed by atoms with Crippen molar-refractivity contribution in [3.05, 3.63) is 34.6 Å². The Kier molecular flexibility index (Phi) is 5.10. The Morgan fingerprint density at radius 2 is 1.71 bits per heavy atom. The molecule has 7 unspecified atom stereocenters. The molecule has 3 aliphatic carbocycles. The van der Waals surface area contributed by atoms with E-state index >= 15 is 0 Å². The van der Waals surface area contributed by atoms with Crippen molar-refractivity contribution >= 4 is 22.8 Å². The van der Waals surface area contributed by atoms with Crippen LogP contribution in [0.3, 0.4) is 0 Å². The minimum atomic E-state index is -0.805. The van der Waals surface area contributed by atoms with Crippen molar-refractivity contribution < 1.29 is 14.6 Å². The highest BCUT2D eigenvalue weighted by Gasteiger charge is 2.60. The highest BCUT2D eigenvalue weighted by molar-refractivity contribution is 5.78. The number of morpholine rings is 1. The topological polar surface area (TPSA) is 87.9 Å². The van der Waals surface area contributed by atoms with E-state index in [2.05, 4.69) is 11.8 Å². The standard InChI is InChI=1S/C30H38N4O4/c1-30-12-17-6-19(30)8-20(30)9-21(7-17)33-23-10-22(11-24(33)16-38-15-23)34-26-5-3-2-4-25(26)31-27(28(34)35)32-13-18(14-32)29(36)37/h2-5,17-24H,6-16H2,1H3,(H,36,37). The van der Waals surface area contributed by atoms with Crippen molar-refractivity contribution in [2.45, 2.75) is 76.0 Å². The molecule has 1 aromatic carbocycles. The summed E-state index contributed by atoms with van der Waals surface area (Å²) in [5, 5.41) is 9.36. The number of benzene rings is 1. The van der Waals surface area contributed by atoms with E-state index in [4.69, 9.17) is 9.72 Å². The van der Waals surface area contributed by atoms with Crippen LogP contribution >= 0.6 is 0 Å². The summed E-state index contributed by atoms with van der Waals surface area (Å²) in [6.07, 6.45) is 8.80. The summed E-state index contributed by atoms with van der Waals surface area (Å²) in [6, 6.07) is 9.32. The Morgan fingerprint density at radius 1 is 0.974 bits per heavy atom. The quantitative estimate of drug-likeness (QED) is 0.663. The first-order valence-electron chi connectivity index (χ1n) is 14.7. The van der Waals surface area contributed by atoms with Gasteiger partial charge in [-0.3, -0.25) is 14.5 Å². The van der Waals surface area contributed by atoms with E-state index in [-0.39, 0.29) is 11.6 Å². The zero-order chi connectivity index (χ0) is 25.8. The van der Waals surface area contributed by atoms with Gasteiger partial charge in [-0.2, -0.15) is 0 Å². The molecule has 202 valence electrons. The van der Waals surface area contributed by atoms with Crippen LogP contribution in [-0.4, -0.2) is 70.0 Å². The zero-order valence-electron chi connectivity index (χ0n) is 22.2. The van der Waals surface area contributed by atoms with Crippen molar-refractivity contribution in [2.75, 3.05) is 31.2 Å². The van der Waals surface area contributed by atoms with Gasteiger partial charge in [0.05, 0.1) is 30.2 Å². The first-order valence-corrected chi connectivity index (χ1v) is 14.7. The van der Waals surface area contributed by atoms with Crippen LogP contribution < -0.4 is 10.5 Å². The number of carboxylic acid groups (broad SMARTS) is 1. The molecule has 0 radical (unpaired) electrons. The fraction of sp³-hybridized carbons (Fsp3) is 0.700. The fourth-order valence-corrected chi connectivity index (χ4v) is 9.70. The van der Waals surface area contributed by atoms with Crippen LogP contribution in [0.2, 0.25) is 0 Å². The lowest BCUT2D eigenvalue weighted by Gasteiger charge is -2.56. The molecule has 0 spiro atoms. The number of hydrogen-bond acceptors (Lipinski definition) is 6. The van der Waals surface area contributed by atoms with Crippen LogP contribution in [0, 0.1) is 29.1 Å². The zero-order valence-corrected chi connectivity index (χ0v) is 22.2. The van der Waals surface area contributed by atoms with Crippen molar-refractivity contribution in [2.24, 2.45) is 29.1 Å². The number of rotatable bonds is 4. The fourth-order valence-electron chi connectivity index (χ4n) is 9.70. The van der Waals surface area contributed by atoms with E-state index in [1.807, 2.05) is 33.7 Å². The molecule has 3 aliphatic heterocycles. The van der Waals surface area contributed by atoms with E-state index in [1.165, 1.54) is 32.1 Å². The third kappa shape index (κ3) is 3.32. The number of piperidine rings is 1. The lowest BCUT2D eigenvalue weighted by molar-refractivity contribution is -0.142. The Labute approximate surface area is 223 Å². The molecule has 6 fully saturated rings. The maximum absolute atomic E-state index is 14.0. The van der Waals surface area contributed by atoms with Gasteiger partial charge in [-0.05, 0) is 80.2 Å². The Morgan fingerprint density at radius 3 is 2.47 bits per heavy atom. The van der Waals surface area contributed by atoms with E-state index in [1.54, 1.807) is 0 Å². The van der Waals surface area contributed by atoms with E-state index in [9.17, 15) is 14.7 Å². The molecule has 3 saturated heterocycles. The maximum atomic E-state index is 14.0. The normalized spacial score (nSPS) is 40.4. The van der Waals surface area contributed by atoms with Crippen molar-refractivity contribution in [1.82, 2.24) is 14.5 Å². The molecule has 3 saturated carbocycles. The van der Waals surface area contributed by atoms with Crippen LogP contribution in [0.15, 0.2) is 29.1 Å². The molecule has 8 rings (SSSR count). The minimum Gasteiger partial charge on any atom is -0.481 e. The van der Waals surface area contributed by atoms with Crippen LogP contribution in [-0.2, 0) is 9.53 Å². The largest absolute Gasteiger partial charge is 0.481 e. The lowest BCUT2D eigenvalue weighted by atomic mass is 9.54. The van der Waals surface area contributed by atoms with E-state index < -0.39 is 11.9 Å². The van der Waals surface area contributed by atoms with Gasteiger partial charge in [0, 0.05) is 37.3 Å². The van der Waals surface area contributed by atoms with Crippen molar-refractivity contribution in [1.29, 1.82) is 0 Å². The van der Waals surface area contributed by atoms with Gasteiger partial charge in [-0.1, -0.05) is 19.1 Å². The number of nitrogens with zero attached hydrogens (tertiary/aromatic N) is 4. The number of aliphatic carboxylic acids is 1. The van der Waals surface area contributed by atoms with Crippen LogP contribution in [0.25, 0.3) is 11.0 Å². The second-order valence-corrected chi connectivity index (χ2v) is 13.5. The Balaban J connectivity index is 1.11. The van der Waals surface area contributed by atoms with Crippen molar-refractivity contribution in [3.8, 4) is 0 Å². The third-order valence-corrected chi connectivity index (χ3v) is 11.6. The number of ether oxygens (including phenoxy) is 1. The molecule has 8 nitrogen and oxygen atoms in total. The molecule has 1 N–H and O–H groups in total. The van der Waals surface area contributed by atoms with Crippen LogP contribution in [0.5, 0.6) is 0 Å². The SMILES string of the molecule is CC12CC3CC(N4C5COCC4CC(n4c(=O)c(N6CC(C(=O)O)C6)nc6ccccc64)C5)CC1CC2C3. The van der Waals surface area contributed by atoms with E-state index in [0.717, 1.165) is 54.8 Å². The summed E-state index contributed by atoms with van der Waals surface area (Å²) in [7, 11) is 0. The Bertz CT molecular complexity index is 1340. The summed E-state index contributed by atoms with van der Waals surface area (Å²) in [6.45, 7) is 4.75. The smallest absolute Gasteiger partial charge is 0.310 e. The summed E-state index contributed by atoms with van der Waals surface area (Å²) in [4.78, 5) is 34.8. The predicted octanol–water partition coefficient (Wildman–Crippen LogP) is 3.54. The molecule has 8 heteroatoms. The molecule has 1 aromatic heterocycles. The van der Waals surface area contributed by atoms with Crippen LogP contribution in [0.4, 0.5) is 5.82 Å². The van der Waals surface area contributed by atoms with Gasteiger partial charge in [-0.15, -0.1) is 0 Å².